The van der Waals surface area contributed by atoms with E-state index in [1.807, 2.05) is 54.6 Å². The summed E-state index contributed by atoms with van der Waals surface area (Å²) in [4.78, 5) is 12.4. The molecule has 0 spiro atoms. The number of nitriles is 1. The highest BCUT2D eigenvalue weighted by atomic mass is 79.9. The molecule has 1 N–H and O–H groups in total. The summed E-state index contributed by atoms with van der Waals surface area (Å²) in [6.45, 7) is 0.944. The number of nitrogens with one attached hydrogen (secondary N) is 1. The predicted molar refractivity (Wildman–Crippen MR) is 123 cm³/mol. The van der Waals surface area contributed by atoms with Crippen molar-refractivity contribution in [3.8, 4) is 23.3 Å². The Bertz CT molecular complexity index is 1200. The van der Waals surface area contributed by atoms with Crippen molar-refractivity contribution in [3.63, 3.8) is 0 Å². The van der Waals surface area contributed by atoms with Crippen molar-refractivity contribution < 1.29 is 19.0 Å². The molecule has 160 valence electrons. The lowest BCUT2D eigenvalue weighted by molar-refractivity contribution is -0.117. The molecule has 1 heterocycles. The van der Waals surface area contributed by atoms with E-state index < -0.39 is 5.91 Å². The highest BCUT2D eigenvalue weighted by Gasteiger charge is 2.14. The van der Waals surface area contributed by atoms with Crippen molar-refractivity contribution in [2.24, 2.45) is 0 Å². The van der Waals surface area contributed by atoms with Gasteiger partial charge in [-0.2, -0.15) is 5.26 Å². The normalized spacial score (nSPS) is 12.2. The van der Waals surface area contributed by atoms with Gasteiger partial charge in [-0.15, -0.1) is 0 Å². The minimum Gasteiger partial charge on any atom is -0.488 e. The Morgan fingerprint density at radius 1 is 1.06 bits per heavy atom. The standard InChI is InChI=1S/C25H19BrN2O4/c26-21-11-18(10-20(13-27)25(29)28-14-17-4-2-1-3-5-17)6-8-22(21)30-15-19-7-9-23-24(12-19)32-16-31-23/h1-12H,14-16H2,(H,28,29)/b20-10-. The van der Waals surface area contributed by atoms with Crippen LogP contribution < -0.4 is 19.5 Å². The summed E-state index contributed by atoms with van der Waals surface area (Å²) >= 11 is 3.50. The van der Waals surface area contributed by atoms with Crippen molar-refractivity contribution in [3.05, 3.63) is 93.5 Å². The molecule has 0 bridgehead atoms. The number of carbonyl (C=O) groups is 1. The Morgan fingerprint density at radius 3 is 2.66 bits per heavy atom. The molecule has 1 aliphatic heterocycles. The van der Waals surface area contributed by atoms with Gasteiger partial charge in [0, 0.05) is 6.54 Å². The van der Waals surface area contributed by atoms with Crippen LogP contribution in [-0.4, -0.2) is 12.7 Å². The zero-order valence-corrected chi connectivity index (χ0v) is 18.6. The van der Waals surface area contributed by atoms with E-state index in [0.29, 0.717) is 34.7 Å². The fourth-order valence-electron chi connectivity index (χ4n) is 3.10. The largest absolute Gasteiger partial charge is 0.488 e. The maximum Gasteiger partial charge on any atom is 0.262 e. The summed E-state index contributed by atoms with van der Waals surface area (Å²) in [7, 11) is 0. The second kappa shape index (κ2) is 10.0. The molecule has 0 saturated carbocycles. The van der Waals surface area contributed by atoms with Crippen LogP contribution in [0.2, 0.25) is 0 Å². The average Bonchev–Trinajstić information content (AvgIpc) is 3.29. The zero-order chi connectivity index (χ0) is 22.3. The molecule has 3 aromatic carbocycles. The maximum absolute atomic E-state index is 12.4. The first kappa shape index (κ1) is 21.5. The molecule has 0 aromatic heterocycles. The fourth-order valence-corrected chi connectivity index (χ4v) is 3.62. The SMILES string of the molecule is N#C/C(=C/c1ccc(OCc2ccc3c(c2)OCO3)c(Br)c1)C(=O)NCc1ccccc1. The number of benzene rings is 3. The van der Waals surface area contributed by atoms with Crippen LogP contribution in [0.3, 0.4) is 0 Å². The summed E-state index contributed by atoms with van der Waals surface area (Å²) < 4.78 is 17.3. The van der Waals surface area contributed by atoms with Gasteiger partial charge in [-0.3, -0.25) is 4.79 Å². The lowest BCUT2D eigenvalue weighted by Gasteiger charge is -2.10. The number of hydrogen-bond acceptors (Lipinski definition) is 5. The first-order chi connectivity index (χ1) is 15.6. The van der Waals surface area contributed by atoms with Crippen LogP contribution in [-0.2, 0) is 17.9 Å². The highest BCUT2D eigenvalue weighted by Crippen LogP contribution is 2.33. The first-order valence-corrected chi connectivity index (χ1v) is 10.7. The number of rotatable bonds is 7. The maximum atomic E-state index is 12.4. The summed E-state index contributed by atoms with van der Waals surface area (Å²) in [5, 5.41) is 12.2. The molecule has 0 unspecified atom stereocenters. The topological polar surface area (TPSA) is 80.6 Å². The molecule has 3 aromatic rings. The molecule has 0 atom stereocenters. The van der Waals surface area contributed by atoms with E-state index in [2.05, 4.69) is 21.2 Å². The van der Waals surface area contributed by atoms with Gasteiger partial charge < -0.3 is 19.5 Å². The lowest BCUT2D eigenvalue weighted by Crippen LogP contribution is -2.23. The fraction of sp³-hybridized carbons (Fsp3) is 0.120. The van der Waals surface area contributed by atoms with Crippen molar-refractivity contribution in [1.29, 1.82) is 5.26 Å². The number of fused-ring (bicyclic) bond motifs is 1. The van der Waals surface area contributed by atoms with Gasteiger partial charge in [0.25, 0.3) is 5.91 Å². The van der Waals surface area contributed by atoms with Crippen molar-refractivity contribution >= 4 is 27.9 Å². The third-order valence-electron chi connectivity index (χ3n) is 4.76. The summed E-state index contributed by atoms with van der Waals surface area (Å²) in [6.07, 6.45) is 1.55. The van der Waals surface area contributed by atoms with Crippen LogP contribution in [0.1, 0.15) is 16.7 Å². The lowest BCUT2D eigenvalue weighted by atomic mass is 10.1. The predicted octanol–water partition coefficient (Wildman–Crippen LogP) is 4.98. The molecule has 7 heteroatoms. The molecule has 0 saturated heterocycles. The Morgan fingerprint density at radius 2 is 1.88 bits per heavy atom. The number of hydrogen-bond donors (Lipinski definition) is 1. The zero-order valence-electron chi connectivity index (χ0n) is 17.0. The molecule has 32 heavy (non-hydrogen) atoms. The third kappa shape index (κ3) is 5.29. The van der Waals surface area contributed by atoms with Crippen LogP contribution in [0, 0.1) is 11.3 Å². The van der Waals surface area contributed by atoms with E-state index in [0.717, 1.165) is 16.9 Å². The van der Waals surface area contributed by atoms with Gasteiger partial charge in [-0.1, -0.05) is 42.5 Å². The monoisotopic (exact) mass is 490 g/mol. The minimum atomic E-state index is -0.421. The average molecular weight is 491 g/mol. The quantitative estimate of drug-likeness (QED) is 0.373. The van der Waals surface area contributed by atoms with Gasteiger partial charge in [0.15, 0.2) is 11.5 Å². The van der Waals surface area contributed by atoms with Crippen LogP contribution in [0.5, 0.6) is 17.2 Å². The van der Waals surface area contributed by atoms with Crippen LogP contribution in [0.15, 0.2) is 76.8 Å². The Labute approximate surface area is 194 Å². The van der Waals surface area contributed by atoms with E-state index in [9.17, 15) is 10.1 Å². The van der Waals surface area contributed by atoms with Crippen LogP contribution >= 0.6 is 15.9 Å². The molecule has 4 rings (SSSR count). The summed E-state index contributed by atoms with van der Waals surface area (Å²) in [5.74, 6) is 1.66. The van der Waals surface area contributed by atoms with Gasteiger partial charge in [0.1, 0.15) is 24.0 Å². The smallest absolute Gasteiger partial charge is 0.262 e. The molecular formula is C25H19BrN2O4. The van der Waals surface area contributed by atoms with Crippen molar-refractivity contribution in [1.82, 2.24) is 5.32 Å². The third-order valence-corrected chi connectivity index (χ3v) is 5.38. The van der Waals surface area contributed by atoms with Gasteiger partial charge in [0.05, 0.1) is 4.47 Å². The summed E-state index contributed by atoms with van der Waals surface area (Å²) in [6, 6.07) is 22.6. The summed E-state index contributed by atoms with van der Waals surface area (Å²) in [5.41, 5.74) is 2.65. The number of amides is 1. The van der Waals surface area contributed by atoms with E-state index in [1.165, 1.54) is 0 Å². The molecule has 0 radical (unpaired) electrons. The minimum absolute atomic E-state index is 0.0295. The van der Waals surface area contributed by atoms with Gasteiger partial charge in [0.2, 0.25) is 6.79 Å². The van der Waals surface area contributed by atoms with Gasteiger partial charge in [-0.25, -0.2) is 0 Å². The van der Waals surface area contributed by atoms with Crippen molar-refractivity contribution in [2.75, 3.05) is 6.79 Å². The molecule has 1 amide bonds. The molecule has 0 fully saturated rings. The molecule has 6 nitrogen and oxygen atoms in total. The van der Waals surface area contributed by atoms with E-state index >= 15 is 0 Å². The van der Waals surface area contributed by atoms with Gasteiger partial charge >= 0.3 is 0 Å². The van der Waals surface area contributed by atoms with E-state index in [-0.39, 0.29) is 12.4 Å². The van der Waals surface area contributed by atoms with E-state index in [4.69, 9.17) is 14.2 Å². The second-order valence-corrected chi connectivity index (χ2v) is 7.86. The van der Waals surface area contributed by atoms with Crippen LogP contribution in [0.25, 0.3) is 6.08 Å². The van der Waals surface area contributed by atoms with Crippen LogP contribution in [0.4, 0.5) is 0 Å². The number of nitrogens with zero attached hydrogens (tertiary/aromatic N) is 1. The highest BCUT2D eigenvalue weighted by molar-refractivity contribution is 9.10. The Balaban J connectivity index is 1.39. The number of halogens is 1. The Kier molecular flexibility index (Phi) is 6.73. The number of ether oxygens (including phenoxy) is 3. The molecule has 1 aliphatic rings. The van der Waals surface area contributed by atoms with Gasteiger partial charge in [-0.05, 0) is 63.0 Å². The number of carbonyl (C=O) groups excluding carboxylic acids is 1. The first-order valence-electron chi connectivity index (χ1n) is 9.87. The molecular weight excluding hydrogens is 472 g/mol. The van der Waals surface area contributed by atoms with Crippen molar-refractivity contribution in [2.45, 2.75) is 13.2 Å². The second-order valence-electron chi connectivity index (χ2n) is 7.00. The Hall–Kier alpha value is -3.76. The van der Waals surface area contributed by atoms with E-state index in [1.54, 1.807) is 24.3 Å². The molecule has 0 aliphatic carbocycles.